The molecule has 1 N–H and O–H groups in total. The Morgan fingerprint density at radius 2 is 2.30 bits per heavy atom. The van der Waals surface area contributed by atoms with Crippen molar-refractivity contribution < 1.29 is 0 Å². The molecule has 1 aromatic rings. The van der Waals surface area contributed by atoms with Crippen molar-refractivity contribution in [3.05, 3.63) is 16.6 Å². The molecule has 0 bridgehead atoms. The van der Waals surface area contributed by atoms with Crippen LogP contribution in [0.2, 0.25) is 0 Å². The molecule has 3 rings (SSSR count). The van der Waals surface area contributed by atoms with E-state index < -0.39 is 0 Å². The maximum absolute atomic E-state index is 4.24. The van der Waals surface area contributed by atoms with Crippen LogP contribution in [0, 0.1) is 5.92 Å². The minimum atomic E-state index is 0.411. The van der Waals surface area contributed by atoms with E-state index in [1.807, 2.05) is 11.7 Å². The SMILES string of the molecule is CCC(C)C1CNC2(CCCC2)CN1Cc1cncs1. The molecule has 2 aliphatic rings. The van der Waals surface area contributed by atoms with Gasteiger partial charge in [0.25, 0.3) is 0 Å². The number of piperazine rings is 1. The fourth-order valence-electron chi connectivity index (χ4n) is 3.93. The van der Waals surface area contributed by atoms with Crippen molar-refractivity contribution in [1.29, 1.82) is 0 Å². The number of nitrogens with one attached hydrogen (secondary N) is 1. The zero-order valence-electron chi connectivity index (χ0n) is 12.8. The van der Waals surface area contributed by atoms with Crippen molar-refractivity contribution in [2.45, 2.75) is 64.1 Å². The van der Waals surface area contributed by atoms with E-state index in [0.717, 1.165) is 19.0 Å². The molecule has 2 unspecified atom stereocenters. The lowest BCUT2D eigenvalue weighted by molar-refractivity contribution is 0.0463. The Morgan fingerprint density at radius 1 is 1.50 bits per heavy atom. The first-order chi connectivity index (χ1) is 9.72. The number of hydrogen-bond acceptors (Lipinski definition) is 4. The van der Waals surface area contributed by atoms with Gasteiger partial charge in [-0.05, 0) is 18.8 Å². The minimum Gasteiger partial charge on any atom is -0.308 e. The van der Waals surface area contributed by atoms with Gasteiger partial charge in [-0.1, -0.05) is 33.1 Å². The third-order valence-corrected chi connectivity index (χ3v) is 6.13. The fraction of sp³-hybridized carbons (Fsp3) is 0.812. The van der Waals surface area contributed by atoms with Crippen LogP contribution in [0.3, 0.4) is 0 Å². The van der Waals surface area contributed by atoms with E-state index in [2.05, 4.69) is 29.0 Å². The lowest BCUT2D eigenvalue weighted by Gasteiger charge is -2.48. The Bertz CT molecular complexity index is 411. The molecule has 2 fully saturated rings. The summed E-state index contributed by atoms with van der Waals surface area (Å²) in [4.78, 5) is 8.39. The van der Waals surface area contributed by atoms with Crippen LogP contribution in [0.4, 0.5) is 0 Å². The van der Waals surface area contributed by atoms with Gasteiger partial charge in [0.15, 0.2) is 0 Å². The highest BCUT2D eigenvalue weighted by atomic mass is 32.1. The van der Waals surface area contributed by atoms with Crippen molar-refractivity contribution >= 4 is 11.3 Å². The van der Waals surface area contributed by atoms with Gasteiger partial charge in [0.2, 0.25) is 0 Å². The van der Waals surface area contributed by atoms with E-state index in [9.17, 15) is 0 Å². The van der Waals surface area contributed by atoms with Crippen LogP contribution in [0.1, 0.15) is 50.8 Å². The predicted molar refractivity (Wildman–Crippen MR) is 85.0 cm³/mol. The molecule has 112 valence electrons. The second kappa shape index (κ2) is 6.12. The van der Waals surface area contributed by atoms with Gasteiger partial charge in [0.1, 0.15) is 0 Å². The van der Waals surface area contributed by atoms with E-state index in [4.69, 9.17) is 0 Å². The molecule has 2 heterocycles. The van der Waals surface area contributed by atoms with Crippen LogP contribution >= 0.6 is 11.3 Å². The summed E-state index contributed by atoms with van der Waals surface area (Å²) < 4.78 is 0. The smallest absolute Gasteiger partial charge is 0.0794 e. The molecule has 3 nitrogen and oxygen atoms in total. The minimum absolute atomic E-state index is 0.411. The number of thiazole rings is 1. The van der Waals surface area contributed by atoms with Gasteiger partial charge in [-0.3, -0.25) is 9.88 Å². The van der Waals surface area contributed by atoms with Crippen LogP contribution in [-0.4, -0.2) is 34.6 Å². The highest BCUT2D eigenvalue weighted by molar-refractivity contribution is 7.09. The number of rotatable bonds is 4. The number of aromatic nitrogens is 1. The molecule has 0 radical (unpaired) electrons. The molecule has 4 heteroatoms. The molecule has 1 aliphatic heterocycles. The van der Waals surface area contributed by atoms with Crippen LogP contribution < -0.4 is 5.32 Å². The summed E-state index contributed by atoms with van der Waals surface area (Å²) in [5.74, 6) is 0.758. The van der Waals surface area contributed by atoms with Gasteiger partial charge in [-0.25, -0.2) is 0 Å². The summed E-state index contributed by atoms with van der Waals surface area (Å²) >= 11 is 1.80. The maximum Gasteiger partial charge on any atom is 0.0794 e. The molecule has 20 heavy (non-hydrogen) atoms. The second-order valence-corrected chi connectivity index (χ2v) is 7.66. The standard InChI is InChI=1S/C16H27N3S/c1-3-13(2)15-9-18-16(6-4-5-7-16)11-19(15)10-14-8-17-12-20-14/h8,12-13,15,18H,3-7,9-11H2,1-2H3. The van der Waals surface area contributed by atoms with Gasteiger partial charge in [-0.15, -0.1) is 11.3 Å². The van der Waals surface area contributed by atoms with Gasteiger partial charge in [-0.2, -0.15) is 0 Å². The van der Waals surface area contributed by atoms with Crippen LogP contribution in [-0.2, 0) is 6.54 Å². The molecule has 0 amide bonds. The van der Waals surface area contributed by atoms with E-state index in [-0.39, 0.29) is 0 Å². The molecule has 1 spiro atoms. The molecule has 1 saturated heterocycles. The highest BCUT2D eigenvalue weighted by Gasteiger charge is 2.42. The topological polar surface area (TPSA) is 28.2 Å². The first-order valence-corrected chi connectivity index (χ1v) is 8.97. The Hall–Kier alpha value is -0.450. The maximum atomic E-state index is 4.24. The molecule has 1 aromatic heterocycles. The van der Waals surface area contributed by atoms with Crippen molar-refractivity contribution in [1.82, 2.24) is 15.2 Å². The average molecular weight is 293 g/mol. The summed E-state index contributed by atoms with van der Waals surface area (Å²) in [6, 6.07) is 0.674. The number of nitrogens with zero attached hydrogens (tertiary/aromatic N) is 2. The summed E-state index contributed by atoms with van der Waals surface area (Å²) in [6.45, 7) is 8.19. The summed E-state index contributed by atoms with van der Waals surface area (Å²) in [5, 5.41) is 3.92. The van der Waals surface area contributed by atoms with Crippen molar-refractivity contribution in [2.75, 3.05) is 13.1 Å². The van der Waals surface area contributed by atoms with Crippen molar-refractivity contribution in [2.24, 2.45) is 5.92 Å². The van der Waals surface area contributed by atoms with Crippen LogP contribution in [0.25, 0.3) is 0 Å². The molecule has 0 aromatic carbocycles. The third kappa shape index (κ3) is 2.92. The molecule has 1 aliphatic carbocycles. The molecule has 2 atom stereocenters. The Balaban J connectivity index is 1.74. The summed E-state index contributed by atoms with van der Waals surface area (Å²) in [7, 11) is 0. The summed E-state index contributed by atoms with van der Waals surface area (Å²) in [6.07, 6.45) is 8.82. The predicted octanol–water partition coefficient (Wildman–Crippen LogP) is 3.28. The first-order valence-electron chi connectivity index (χ1n) is 8.09. The monoisotopic (exact) mass is 293 g/mol. The third-order valence-electron chi connectivity index (χ3n) is 5.36. The van der Waals surface area contributed by atoms with E-state index in [1.54, 1.807) is 11.3 Å². The molecular formula is C16H27N3S. The fourth-order valence-corrected chi connectivity index (χ4v) is 4.54. The lowest BCUT2D eigenvalue weighted by Crippen LogP contribution is -2.64. The van der Waals surface area contributed by atoms with Crippen molar-refractivity contribution in [3.8, 4) is 0 Å². The second-order valence-electron chi connectivity index (χ2n) is 6.69. The van der Waals surface area contributed by atoms with Crippen LogP contribution in [0.15, 0.2) is 11.7 Å². The Labute approximate surface area is 126 Å². The van der Waals surface area contributed by atoms with Crippen molar-refractivity contribution in [3.63, 3.8) is 0 Å². The van der Waals surface area contributed by atoms with Gasteiger partial charge in [0.05, 0.1) is 5.51 Å². The van der Waals surface area contributed by atoms with Crippen LogP contribution in [0.5, 0.6) is 0 Å². The Kier molecular flexibility index (Phi) is 4.43. The average Bonchev–Trinajstić information content (AvgIpc) is 3.11. The normalized spacial score (nSPS) is 28.0. The van der Waals surface area contributed by atoms with Gasteiger partial charge < -0.3 is 5.32 Å². The van der Waals surface area contributed by atoms with E-state index in [1.165, 1.54) is 43.5 Å². The Morgan fingerprint density at radius 3 is 2.95 bits per heavy atom. The molecular weight excluding hydrogens is 266 g/mol. The largest absolute Gasteiger partial charge is 0.308 e. The summed E-state index contributed by atoms with van der Waals surface area (Å²) in [5.41, 5.74) is 2.37. The van der Waals surface area contributed by atoms with E-state index in [0.29, 0.717) is 11.6 Å². The van der Waals surface area contributed by atoms with Gasteiger partial charge >= 0.3 is 0 Å². The number of hydrogen-bond donors (Lipinski definition) is 1. The quantitative estimate of drug-likeness (QED) is 0.923. The molecule has 1 saturated carbocycles. The van der Waals surface area contributed by atoms with Gasteiger partial charge in [0, 0.05) is 42.3 Å². The lowest BCUT2D eigenvalue weighted by atomic mass is 9.87. The first kappa shape index (κ1) is 14.5. The highest BCUT2D eigenvalue weighted by Crippen LogP contribution is 2.35. The zero-order valence-corrected chi connectivity index (χ0v) is 13.6. The van der Waals surface area contributed by atoms with E-state index >= 15 is 0 Å². The zero-order chi connectivity index (χ0) is 14.0.